The summed E-state index contributed by atoms with van der Waals surface area (Å²) in [6.45, 7) is 3.36. The molecule has 33 heavy (non-hydrogen) atoms. The third-order valence-corrected chi connectivity index (χ3v) is 5.14. The number of cyclic esters (lactones) is 1. The van der Waals surface area contributed by atoms with E-state index in [1.54, 1.807) is 18.0 Å². The number of anilines is 2. The van der Waals surface area contributed by atoms with Crippen LogP contribution in [-0.2, 0) is 9.53 Å². The lowest BCUT2D eigenvalue weighted by Gasteiger charge is -2.22. The molecule has 0 aliphatic carbocycles. The Labute approximate surface area is 192 Å². The van der Waals surface area contributed by atoms with Gasteiger partial charge < -0.3 is 30.3 Å². The van der Waals surface area contributed by atoms with Gasteiger partial charge in [0.2, 0.25) is 5.91 Å². The van der Waals surface area contributed by atoms with Crippen LogP contribution in [0.2, 0.25) is 0 Å². The molecular formula is C21H32FN7O4. The number of nitrogens with zero attached hydrogens (tertiary/aromatic N) is 3. The van der Waals surface area contributed by atoms with Crippen molar-refractivity contribution in [3.05, 3.63) is 24.0 Å². The fourth-order valence-corrected chi connectivity index (χ4v) is 3.27. The van der Waals surface area contributed by atoms with Crippen LogP contribution in [0.15, 0.2) is 18.2 Å². The average Bonchev–Trinajstić information content (AvgIpc) is 3.14. The minimum atomic E-state index is -0.582. The Kier molecular flexibility index (Phi) is 10.0. The number of carbonyl (C=O) groups is 2. The van der Waals surface area contributed by atoms with E-state index < -0.39 is 18.0 Å². The lowest BCUT2D eigenvalue weighted by atomic mass is 10.2. The Hall–Kier alpha value is -3.25. The van der Waals surface area contributed by atoms with Crippen molar-refractivity contribution in [2.24, 2.45) is 0 Å². The van der Waals surface area contributed by atoms with Crippen LogP contribution >= 0.6 is 0 Å². The predicted octanol–water partition coefficient (Wildman–Crippen LogP) is 0.582. The van der Waals surface area contributed by atoms with Crippen molar-refractivity contribution in [2.45, 2.75) is 19.4 Å². The molecule has 1 aliphatic rings. The Balaban J connectivity index is 1.91. The number of amidine groups is 1. The molecule has 1 atom stereocenters. The largest absolute Gasteiger partial charge is 0.444 e. The van der Waals surface area contributed by atoms with Gasteiger partial charge in [-0.2, -0.15) is 0 Å². The molecule has 0 radical (unpaired) electrons. The van der Waals surface area contributed by atoms with E-state index in [1.807, 2.05) is 0 Å². The van der Waals surface area contributed by atoms with Crippen molar-refractivity contribution < 1.29 is 23.8 Å². The summed E-state index contributed by atoms with van der Waals surface area (Å²) in [7, 11) is 1.71. The summed E-state index contributed by atoms with van der Waals surface area (Å²) in [4.78, 5) is 27.5. The molecule has 0 saturated carbocycles. The van der Waals surface area contributed by atoms with E-state index in [0.717, 1.165) is 6.34 Å². The van der Waals surface area contributed by atoms with Crippen LogP contribution in [0.4, 0.5) is 20.6 Å². The Morgan fingerprint density at radius 2 is 2.15 bits per heavy atom. The zero-order chi connectivity index (χ0) is 24.4. The maximum atomic E-state index is 14.8. The van der Waals surface area contributed by atoms with Crippen LogP contribution in [-0.4, -0.2) is 93.2 Å². The number of nitrogens with one attached hydrogen (secondary N) is 4. The summed E-state index contributed by atoms with van der Waals surface area (Å²) in [6.07, 6.45) is 0.512. The highest BCUT2D eigenvalue weighted by Crippen LogP contribution is 2.28. The number of aliphatic hydroxyl groups is 1. The highest BCUT2D eigenvalue weighted by molar-refractivity contribution is 5.90. The molecule has 12 heteroatoms. The first-order chi connectivity index (χ1) is 15.8. The van der Waals surface area contributed by atoms with Crippen LogP contribution in [0.5, 0.6) is 0 Å². The number of rotatable bonds is 13. The molecule has 1 fully saturated rings. The summed E-state index contributed by atoms with van der Waals surface area (Å²) in [5, 5.41) is 30.1. The molecular weight excluding hydrogens is 433 g/mol. The molecule has 1 aromatic carbocycles. The maximum absolute atomic E-state index is 14.8. The zero-order valence-electron chi connectivity index (χ0n) is 18.9. The first-order valence-corrected chi connectivity index (χ1v) is 10.7. The van der Waals surface area contributed by atoms with E-state index in [9.17, 15) is 14.0 Å². The summed E-state index contributed by atoms with van der Waals surface area (Å²) in [6, 6.07) is 4.33. The van der Waals surface area contributed by atoms with E-state index in [-0.39, 0.29) is 31.3 Å². The maximum Gasteiger partial charge on any atom is 0.414 e. The highest BCUT2D eigenvalue weighted by Gasteiger charge is 2.32. The molecule has 0 spiro atoms. The molecule has 0 aromatic heterocycles. The molecule has 0 unspecified atom stereocenters. The fraction of sp³-hybridized carbons (Fsp3) is 0.524. The van der Waals surface area contributed by atoms with Gasteiger partial charge in [0.25, 0.3) is 0 Å². The van der Waals surface area contributed by atoms with Crippen molar-refractivity contribution in [1.29, 1.82) is 10.8 Å². The number of hydrogen-bond donors (Lipinski definition) is 5. The van der Waals surface area contributed by atoms with Gasteiger partial charge in [0.05, 0.1) is 37.4 Å². The normalized spacial score (nSPS) is 15.2. The van der Waals surface area contributed by atoms with Crippen molar-refractivity contribution in [1.82, 2.24) is 15.5 Å². The number of halogens is 1. The summed E-state index contributed by atoms with van der Waals surface area (Å²) in [5.41, 5.74) is 0.546. The molecule has 2 rings (SSSR count). The van der Waals surface area contributed by atoms with Gasteiger partial charge in [-0.05, 0) is 18.2 Å². The Morgan fingerprint density at radius 1 is 1.39 bits per heavy atom. The quantitative estimate of drug-likeness (QED) is 0.163. The fourth-order valence-electron chi connectivity index (χ4n) is 3.27. The van der Waals surface area contributed by atoms with Crippen LogP contribution < -0.4 is 20.4 Å². The monoisotopic (exact) mass is 465 g/mol. The third-order valence-electron chi connectivity index (χ3n) is 5.14. The van der Waals surface area contributed by atoms with Crippen molar-refractivity contribution >= 4 is 35.5 Å². The number of benzene rings is 1. The Bertz CT molecular complexity index is 854. The molecule has 1 aromatic rings. The summed E-state index contributed by atoms with van der Waals surface area (Å²) in [5.74, 6) is -0.429. The van der Waals surface area contributed by atoms with Gasteiger partial charge in [-0.25, -0.2) is 9.18 Å². The van der Waals surface area contributed by atoms with E-state index in [4.69, 9.17) is 20.7 Å². The molecule has 1 heterocycles. The van der Waals surface area contributed by atoms with Crippen LogP contribution in [0.3, 0.4) is 0 Å². The number of hydrogen-bond acceptors (Lipinski definition) is 7. The minimum Gasteiger partial charge on any atom is -0.444 e. The molecule has 11 nitrogen and oxygen atoms in total. The van der Waals surface area contributed by atoms with Gasteiger partial charge in [-0.1, -0.05) is 0 Å². The average molecular weight is 466 g/mol. The topological polar surface area (TPSA) is 145 Å². The first-order valence-electron chi connectivity index (χ1n) is 10.7. The molecule has 1 aliphatic heterocycles. The number of ether oxygens (including phenoxy) is 1. The van der Waals surface area contributed by atoms with Crippen LogP contribution in [0, 0.1) is 16.6 Å². The van der Waals surface area contributed by atoms with E-state index in [2.05, 4.69) is 10.6 Å². The van der Waals surface area contributed by atoms with Gasteiger partial charge in [0, 0.05) is 46.6 Å². The van der Waals surface area contributed by atoms with Crippen LogP contribution in [0.1, 0.15) is 13.3 Å². The second kappa shape index (κ2) is 12.7. The standard InChI is InChI=1S/C21H32FN7O4/c1-15(31)26-6-5-17-13-29(21(32)33-17)16-3-4-19(18(22)11-16)28(14-23)8-7-25-12-20(24)27(2)9-10-30/h3-4,11,14,17,23-25,30H,5-10,12-13H2,1-2H3,(H,26,31)/t17-/m0/s1. The number of likely N-dealkylation sites (N-methyl/N-ethyl adjacent to an activating group) is 1. The van der Waals surface area contributed by atoms with Crippen molar-refractivity contribution in [3.8, 4) is 0 Å². The molecule has 5 N–H and O–H groups in total. The van der Waals surface area contributed by atoms with Gasteiger partial charge in [-0.3, -0.25) is 20.5 Å². The predicted molar refractivity (Wildman–Crippen MR) is 124 cm³/mol. The van der Waals surface area contributed by atoms with E-state index in [0.29, 0.717) is 44.1 Å². The summed E-state index contributed by atoms with van der Waals surface area (Å²) >= 11 is 0. The molecule has 2 amide bonds. The number of amides is 2. The minimum absolute atomic E-state index is 0.0391. The van der Waals surface area contributed by atoms with E-state index in [1.165, 1.54) is 28.9 Å². The van der Waals surface area contributed by atoms with Crippen LogP contribution in [0.25, 0.3) is 0 Å². The Morgan fingerprint density at radius 3 is 2.79 bits per heavy atom. The van der Waals surface area contributed by atoms with Crippen molar-refractivity contribution in [2.75, 3.05) is 62.7 Å². The van der Waals surface area contributed by atoms with Gasteiger partial charge in [0.15, 0.2) is 0 Å². The molecule has 0 bridgehead atoms. The lowest BCUT2D eigenvalue weighted by molar-refractivity contribution is -0.119. The third kappa shape index (κ3) is 7.68. The highest BCUT2D eigenvalue weighted by atomic mass is 19.1. The number of aliphatic hydroxyl groups excluding tert-OH is 1. The van der Waals surface area contributed by atoms with Gasteiger partial charge in [-0.15, -0.1) is 0 Å². The van der Waals surface area contributed by atoms with Crippen molar-refractivity contribution in [3.63, 3.8) is 0 Å². The van der Waals surface area contributed by atoms with Gasteiger partial charge >= 0.3 is 6.09 Å². The smallest absolute Gasteiger partial charge is 0.414 e. The molecule has 1 saturated heterocycles. The van der Waals surface area contributed by atoms with E-state index >= 15 is 0 Å². The zero-order valence-corrected chi connectivity index (χ0v) is 18.9. The van der Waals surface area contributed by atoms with Gasteiger partial charge in [0.1, 0.15) is 17.8 Å². The second-order valence-electron chi connectivity index (χ2n) is 7.61. The molecule has 182 valence electrons. The second-order valence-corrected chi connectivity index (χ2v) is 7.61. The SMILES string of the molecule is CC(=O)NCC[C@H]1CN(c2ccc(N(C=N)CCNCC(=N)N(C)CCO)c(F)c2)C(=O)O1. The summed E-state index contributed by atoms with van der Waals surface area (Å²) < 4.78 is 20.1. The lowest BCUT2D eigenvalue weighted by Crippen LogP contribution is -2.39. The number of carbonyl (C=O) groups excluding carboxylic acids is 2. The first kappa shape index (κ1) is 26.0.